The molecule has 1 heterocycles. The molecule has 1 aliphatic heterocycles. The molecular formula is C19H24N2O4. The third-order valence-electron chi connectivity index (χ3n) is 4.59. The highest BCUT2D eigenvalue weighted by molar-refractivity contribution is 5.87. The molecule has 0 spiro atoms. The third kappa shape index (κ3) is 3.92. The summed E-state index contributed by atoms with van der Waals surface area (Å²) in [7, 11) is 3.14. The molecule has 0 bridgehead atoms. The number of amides is 1. The molecule has 2 atom stereocenters. The summed E-state index contributed by atoms with van der Waals surface area (Å²) in [6.45, 7) is 1.74. The Balaban J connectivity index is 1.77. The molecular weight excluding hydrogens is 320 g/mol. The predicted molar refractivity (Wildman–Crippen MR) is 95.6 cm³/mol. The number of aliphatic hydroxyl groups is 1. The molecule has 0 radical (unpaired) electrons. The van der Waals surface area contributed by atoms with E-state index >= 15 is 0 Å². The molecule has 134 valence electrons. The second-order valence-corrected chi connectivity index (χ2v) is 6.34. The summed E-state index contributed by atoms with van der Waals surface area (Å²) in [5.41, 5.74) is 1.09. The van der Waals surface area contributed by atoms with Gasteiger partial charge in [-0.2, -0.15) is 0 Å². The van der Waals surface area contributed by atoms with Gasteiger partial charge in [-0.05, 0) is 16.8 Å². The average molecular weight is 344 g/mol. The van der Waals surface area contributed by atoms with Crippen molar-refractivity contribution in [1.82, 2.24) is 10.2 Å². The van der Waals surface area contributed by atoms with Gasteiger partial charge >= 0.3 is 0 Å². The molecule has 6 nitrogen and oxygen atoms in total. The molecule has 0 aromatic heterocycles. The first-order valence-electron chi connectivity index (χ1n) is 8.35. The number of methoxy groups -OCH3 is 2. The Hall–Kier alpha value is -2.15. The van der Waals surface area contributed by atoms with Crippen molar-refractivity contribution in [2.75, 3.05) is 33.9 Å². The number of nitrogens with zero attached hydrogens (tertiary/aromatic N) is 1. The number of carbonyl (C=O) groups is 1. The van der Waals surface area contributed by atoms with Crippen LogP contribution >= 0.6 is 0 Å². The highest BCUT2D eigenvalue weighted by Gasteiger charge is 2.32. The van der Waals surface area contributed by atoms with Gasteiger partial charge in [-0.15, -0.1) is 0 Å². The SMILES string of the molecule is COCC(=O)N[C@@H]1CN(Cc2c(OC)ccc3ccccc23)C[C@H]1O. The molecule has 6 heteroatoms. The number of carbonyl (C=O) groups excluding carboxylic acids is 1. The van der Waals surface area contributed by atoms with Gasteiger partial charge in [-0.25, -0.2) is 0 Å². The van der Waals surface area contributed by atoms with Crippen molar-refractivity contribution in [3.05, 3.63) is 42.0 Å². The highest BCUT2D eigenvalue weighted by atomic mass is 16.5. The normalized spacial score (nSPS) is 20.8. The Kier molecular flexibility index (Phi) is 5.53. The number of benzene rings is 2. The van der Waals surface area contributed by atoms with E-state index in [-0.39, 0.29) is 18.6 Å². The highest BCUT2D eigenvalue weighted by Crippen LogP contribution is 2.30. The Labute approximate surface area is 147 Å². The lowest BCUT2D eigenvalue weighted by Gasteiger charge is -2.19. The Bertz CT molecular complexity index is 749. The lowest BCUT2D eigenvalue weighted by molar-refractivity contribution is -0.125. The number of likely N-dealkylation sites (tertiary alicyclic amines) is 1. The fraction of sp³-hybridized carbons (Fsp3) is 0.421. The minimum Gasteiger partial charge on any atom is -0.496 e. The summed E-state index contributed by atoms with van der Waals surface area (Å²) < 4.78 is 10.4. The fourth-order valence-corrected chi connectivity index (χ4v) is 3.41. The largest absolute Gasteiger partial charge is 0.496 e. The number of hydrogen-bond acceptors (Lipinski definition) is 5. The number of aliphatic hydroxyl groups excluding tert-OH is 1. The summed E-state index contributed by atoms with van der Waals surface area (Å²) in [6.07, 6.45) is -0.596. The number of ether oxygens (including phenoxy) is 2. The van der Waals surface area contributed by atoms with Crippen molar-refractivity contribution >= 4 is 16.7 Å². The number of hydrogen-bond donors (Lipinski definition) is 2. The number of nitrogens with one attached hydrogen (secondary N) is 1. The Morgan fingerprint density at radius 2 is 2.04 bits per heavy atom. The van der Waals surface area contributed by atoms with E-state index in [1.54, 1.807) is 7.11 Å². The summed E-state index contributed by atoms with van der Waals surface area (Å²) >= 11 is 0. The van der Waals surface area contributed by atoms with Gasteiger partial charge in [0.15, 0.2) is 0 Å². The molecule has 25 heavy (non-hydrogen) atoms. The molecule has 2 N–H and O–H groups in total. The summed E-state index contributed by atoms with van der Waals surface area (Å²) in [6, 6.07) is 11.9. The zero-order chi connectivity index (χ0) is 17.8. The molecule has 1 saturated heterocycles. The predicted octanol–water partition coefficient (Wildman–Crippen LogP) is 1.16. The van der Waals surface area contributed by atoms with Crippen LogP contribution in [0.2, 0.25) is 0 Å². The molecule has 0 saturated carbocycles. The summed E-state index contributed by atoms with van der Waals surface area (Å²) in [5, 5.41) is 15.4. The van der Waals surface area contributed by atoms with E-state index in [2.05, 4.69) is 22.3 Å². The molecule has 1 amide bonds. The topological polar surface area (TPSA) is 71.0 Å². The molecule has 2 aromatic carbocycles. The monoisotopic (exact) mass is 344 g/mol. The van der Waals surface area contributed by atoms with Crippen LogP contribution in [0.15, 0.2) is 36.4 Å². The van der Waals surface area contributed by atoms with Crippen LogP contribution < -0.4 is 10.1 Å². The van der Waals surface area contributed by atoms with E-state index in [0.717, 1.165) is 22.1 Å². The van der Waals surface area contributed by atoms with Gasteiger partial charge in [0.1, 0.15) is 12.4 Å². The van der Waals surface area contributed by atoms with Gasteiger partial charge in [0.05, 0.1) is 19.3 Å². The Morgan fingerprint density at radius 3 is 2.80 bits per heavy atom. The van der Waals surface area contributed by atoms with Gasteiger partial charge in [-0.1, -0.05) is 30.3 Å². The quantitative estimate of drug-likeness (QED) is 0.823. The van der Waals surface area contributed by atoms with Crippen LogP contribution in [0.5, 0.6) is 5.75 Å². The zero-order valence-electron chi connectivity index (χ0n) is 14.6. The molecule has 3 rings (SSSR count). The van der Waals surface area contributed by atoms with Crippen molar-refractivity contribution in [2.24, 2.45) is 0 Å². The van der Waals surface area contributed by atoms with Crippen LogP contribution in [-0.2, 0) is 16.1 Å². The molecule has 0 aliphatic carbocycles. The van der Waals surface area contributed by atoms with Gasteiger partial charge in [0.25, 0.3) is 0 Å². The van der Waals surface area contributed by atoms with Gasteiger partial charge in [0, 0.05) is 32.3 Å². The van der Waals surface area contributed by atoms with Crippen molar-refractivity contribution in [3.8, 4) is 5.75 Å². The van der Waals surface area contributed by atoms with Crippen LogP contribution in [0.25, 0.3) is 10.8 Å². The van der Waals surface area contributed by atoms with E-state index < -0.39 is 6.10 Å². The molecule has 1 fully saturated rings. The van der Waals surface area contributed by atoms with Crippen LogP contribution in [-0.4, -0.2) is 62.0 Å². The minimum atomic E-state index is -0.596. The summed E-state index contributed by atoms with van der Waals surface area (Å²) in [5.74, 6) is 0.621. The van der Waals surface area contributed by atoms with E-state index in [9.17, 15) is 9.90 Å². The lowest BCUT2D eigenvalue weighted by atomic mass is 10.0. The maximum absolute atomic E-state index is 11.7. The van der Waals surface area contributed by atoms with Crippen LogP contribution in [0.1, 0.15) is 5.56 Å². The lowest BCUT2D eigenvalue weighted by Crippen LogP contribution is -2.44. The van der Waals surface area contributed by atoms with Crippen molar-refractivity contribution in [3.63, 3.8) is 0 Å². The number of rotatable bonds is 6. The Morgan fingerprint density at radius 1 is 1.24 bits per heavy atom. The minimum absolute atomic E-state index is 0.000363. The second-order valence-electron chi connectivity index (χ2n) is 6.34. The van der Waals surface area contributed by atoms with Crippen LogP contribution in [0, 0.1) is 0 Å². The summed E-state index contributed by atoms with van der Waals surface area (Å²) in [4.78, 5) is 13.8. The first-order valence-corrected chi connectivity index (χ1v) is 8.35. The number of β-amino-alcohol motifs (C(OH)–C–C–N with tert-alkyl or cyclic N) is 1. The van der Waals surface area contributed by atoms with Gasteiger partial charge < -0.3 is 19.9 Å². The van der Waals surface area contributed by atoms with Crippen molar-refractivity contribution < 1.29 is 19.4 Å². The number of fused-ring (bicyclic) bond motifs is 1. The maximum atomic E-state index is 11.7. The van der Waals surface area contributed by atoms with Gasteiger partial charge in [-0.3, -0.25) is 9.69 Å². The van der Waals surface area contributed by atoms with Crippen molar-refractivity contribution in [1.29, 1.82) is 0 Å². The van der Waals surface area contributed by atoms with E-state index in [0.29, 0.717) is 19.6 Å². The smallest absolute Gasteiger partial charge is 0.246 e. The van der Waals surface area contributed by atoms with E-state index in [1.165, 1.54) is 7.11 Å². The average Bonchev–Trinajstić information content (AvgIpc) is 2.94. The van der Waals surface area contributed by atoms with Crippen molar-refractivity contribution in [2.45, 2.75) is 18.7 Å². The maximum Gasteiger partial charge on any atom is 0.246 e. The molecule has 0 unspecified atom stereocenters. The van der Waals surface area contributed by atoms with Gasteiger partial charge in [0.2, 0.25) is 5.91 Å². The standard InChI is InChI=1S/C19H24N2O4/c1-24-12-19(23)20-16-10-21(11-17(16)22)9-15-14-6-4-3-5-13(14)7-8-18(15)25-2/h3-8,16-17,22H,9-12H2,1-2H3,(H,20,23)/t16-,17-/m1/s1. The van der Waals surface area contributed by atoms with Crippen LogP contribution in [0.3, 0.4) is 0 Å². The third-order valence-corrected chi connectivity index (χ3v) is 4.59. The first-order chi connectivity index (χ1) is 12.1. The second kappa shape index (κ2) is 7.82. The molecule has 2 aromatic rings. The zero-order valence-corrected chi connectivity index (χ0v) is 14.6. The van der Waals surface area contributed by atoms with E-state index in [1.807, 2.05) is 24.3 Å². The first kappa shape index (κ1) is 17.7. The molecule has 1 aliphatic rings. The van der Waals surface area contributed by atoms with E-state index in [4.69, 9.17) is 9.47 Å². The van der Waals surface area contributed by atoms with Crippen LogP contribution in [0.4, 0.5) is 0 Å². The fourth-order valence-electron chi connectivity index (χ4n) is 3.41.